The number of aryl methyl sites for hydroxylation is 1. The fraction of sp³-hybridized carbons (Fsp3) is 0.417. The van der Waals surface area contributed by atoms with Crippen molar-refractivity contribution < 1.29 is 4.79 Å². The molecule has 88 valence electrons. The molecule has 0 unspecified atom stereocenters. The summed E-state index contributed by atoms with van der Waals surface area (Å²) in [5.74, 6) is 0.0316. The highest BCUT2D eigenvalue weighted by molar-refractivity contribution is 9.10. The van der Waals surface area contributed by atoms with E-state index in [1.165, 1.54) is 0 Å². The second-order valence-corrected chi connectivity index (χ2v) is 4.58. The van der Waals surface area contributed by atoms with Crippen LogP contribution in [-0.2, 0) is 4.79 Å². The molecule has 0 bridgehead atoms. The Morgan fingerprint density at radius 1 is 1.44 bits per heavy atom. The first-order chi connectivity index (χ1) is 7.63. The first kappa shape index (κ1) is 13.0. The molecule has 0 spiro atoms. The zero-order chi connectivity index (χ0) is 12.0. The second kappa shape index (κ2) is 6.53. The molecule has 2 N–H and O–H groups in total. The maximum atomic E-state index is 11.4. The minimum atomic E-state index is 0.0316. The van der Waals surface area contributed by atoms with Gasteiger partial charge < -0.3 is 10.6 Å². The van der Waals surface area contributed by atoms with Crippen LogP contribution >= 0.6 is 15.9 Å². The molecule has 0 aromatic heterocycles. The molecule has 16 heavy (non-hydrogen) atoms. The van der Waals surface area contributed by atoms with Crippen LogP contribution in [0.25, 0.3) is 0 Å². The highest BCUT2D eigenvalue weighted by Gasteiger charge is 2.02. The van der Waals surface area contributed by atoms with Gasteiger partial charge in [0.1, 0.15) is 0 Å². The lowest BCUT2D eigenvalue weighted by Gasteiger charge is -2.09. The van der Waals surface area contributed by atoms with Crippen molar-refractivity contribution in [1.29, 1.82) is 0 Å². The van der Waals surface area contributed by atoms with Crippen LogP contribution in [0.2, 0.25) is 0 Å². The molecule has 1 amide bonds. The van der Waals surface area contributed by atoms with Crippen molar-refractivity contribution in [3.05, 3.63) is 28.2 Å². The van der Waals surface area contributed by atoms with Crippen molar-refractivity contribution in [3.63, 3.8) is 0 Å². The third-order valence-electron chi connectivity index (χ3n) is 2.20. The van der Waals surface area contributed by atoms with E-state index >= 15 is 0 Å². The number of benzene rings is 1. The molecule has 0 fully saturated rings. The van der Waals surface area contributed by atoms with Crippen LogP contribution in [0.1, 0.15) is 18.9 Å². The van der Waals surface area contributed by atoms with E-state index in [-0.39, 0.29) is 5.91 Å². The van der Waals surface area contributed by atoms with Crippen molar-refractivity contribution in [2.24, 2.45) is 0 Å². The van der Waals surface area contributed by atoms with E-state index in [1.54, 1.807) is 0 Å². The van der Waals surface area contributed by atoms with Crippen LogP contribution < -0.4 is 10.6 Å². The molecular weight excluding hydrogens is 268 g/mol. The Morgan fingerprint density at radius 2 is 2.19 bits per heavy atom. The van der Waals surface area contributed by atoms with Gasteiger partial charge in [0.25, 0.3) is 0 Å². The number of carbonyl (C=O) groups is 1. The van der Waals surface area contributed by atoms with Crippen molar-refractivity contribution in [1.82, 2.24) is 5.32 Å². The number of nitrogens with one attached hydrogen (secondary N) is 2. The molecule has 0 aliphatic heterocycles. The first-order valence-electron chi connectivity index (χ1n) is 5.40. The lowest BCUT2D eigenvalue weighted by molar-refractivity contribution is -0.119. The summed E-state index contributed by atoms with van der Waals surface area (Å²) in [7, 11) is 0. The Balaban J connectivity index is 2.45. The number of carbonyl (C=O) groups excluding carboxylic acids is 1. The van der Waals surface area contributed by atoms with E-state index < -0.39 is 0 Å². The van der Waals surface area contributed by atoms with Crippen LogP contribution in [0.3, 0.4) is 0 Å². The van der Waals surface area contributed by atoms with Crippen molar-refractivity contribution in [2.45, 2.75) is 20.3 Å². The Labute approximate surface area is 105 Å². The molecule has 1 aromatic carbocycles. The lowest BCUT2D eigenvalue weighted by atomic mass is 10.2. The first-order valence-corrected chi connectivity index (χ1v) is 6.19. The van der Waals surface area contributed by atoms with Crippen molar-refractivity contribution in [3.8, 4) is 0 Å². The zero-order valence-corrected chi connectivity index (χ0v) is 11.2. The standard InChI is InChI=1S/C12H17BrN2O/c1-3-6-14-12(16)8-15-11-5-4-10(13)7-9(11)2/h4-5,7,15H,3,6,8H2,1-2H3,(H,14,16). The van der Waals surface area contributed by atoms with Gasteiger partial charge in [-0.05, 0) is 37.1 Å². The molecule has 0 aliphatic rings. The predicted molar refractivity (Wildman–Crippen MR) is 70.7 cm³/mol. The van der Waals surface area contributed by atoms with Gasteiger partial charge in [0.15, 0.2) is 0 Å². The van der Waals surface area contributed by atoms with Crippen molar-refractivity contribution in [2.75, 3.05) is 18.4 Å². The Morgan fingerprint density at radius 3 is 2.81 bits per heavy atom. The molecule has 0 radical (unpaired) electrons. The van der Waals surface area contributed by atoms with E-state index in [1.807, 2.05) is 32.0 Å². The maximum absolute atomic E-state index is 11.4. The van der Waals surface area contributed by atoms with Gasteiger partial charge >= 0.3 is 0 Å². The topological polar surface area (TPSA) is 41.1 Å². The van der Waals surface area contributed by atoms with Crippen LogP contribution in [0.5, 0.6) is 0 Å². The summed E-state index contributed by atoms with van der Waals surface area (Å²) in [6.07, 6.45) is 0.961. The molecule has 0 heterocycles. The molecule has 0 atom stereocenters. The van der Waals surface area contributed by atoms with Gasteiger partial charge in [0.2, 0.25) is 5.91 Å². The fourth-order valence-electron chi connectivity index (χ4n) is 1.33. The van der Waals surface area contributed by atoms with Gasteiger partial charge in [-0.15, -0.1) is 0 Å². The highest BCUT2D eigenvalue weighted by atomic mass is 79.9. The fourth-order valence-corrected chi connectivity index (χ4v) is 1.80. The molecule has 4 heteroatoms. The van der Waals surface area contributed by atoms with Crippen molar-refractivity contribution >= 4 is 27.5 Å². The Bertz CT molecular complexity index is 366. The molecule has 0 aliphatic carbocycles. The lowest BCUT2D eigenvalue weighted by Crippen LogP contribution is -2.30. The van der Waals surface area contributed by atoms with E-state index in [0.717, 1.165) is 28.7 Å². The zero-order valence-electron chi connectivity index (χ0n) is 9.64. The average molecular weight is 285 g/mol. The summed E-state index contributed by atoms with van der Waals surface area (Å²) in [6, 6.07) is 5.94. The van der Waals surface area contributed by atoms with Gasteiger partial charge in [-0.1, -0.05) is 22.9 Å². The third kappa shape index (κ3) is 4.23. The van der Waals surface area contributed by atoms with E-state index in [0.29, 0.717) is 6.54 Å². The molecule has 1 rings (SSSR count). The molecular formula is C12H17BrN2O. The molecule has 0 saturated heterocycles. The number of hydrogen-bond donors (Lipinski definition) is 2. The quantitative estimate of drug-likeness (QED) is 0.873. The minimum Gasteiger partial charge on any atom is -0.376 e. The van der Waals surface area contributed by atoms with Crippen LogP contribution in [0.4, 0.5) is 5.69 Å². The van der Waals surface area contributed by atoms with Crippen LogP contribution in [0, 0.1) is 6.92 Å². The van der Waals surface area contributed by atoms with Gasteiger partial charge in [-0.2, -0.15) is 0 Å². The molecule has 0 saturated carbocycles. The van der Waals surface area contributed by atoms with Gasteiger partial charge in [0.05, 0.1) is 6.54 Å². The second-order valence-electron chi connectivity index (χ2n) is 3.66. The SMILES string of the molecule is CCCNC(=O)CNc1ccc(Br)cc1C. The van der Waals surface area contributed by atoms with Crippen LogP contribution in [0.15, 0.2) is 22.7 Å². The number of halogens is 1. The average Bonchev–Trinajstić information content (AvgIpc) is 2.25. The number of anilines is 1. The maximum Gasteiger partial charge on any atom is 0.239 e. The predicted octanol–water partition coefficient (Wildman–Crippen LogP) is 2.70. The molecule has 3 nitrogen and oxygen atoms in total. The highest BCUT2D eigenvalue weighted by Crippen LogP contribution is 2.19. The molecule has 1 aromatic rings. The number of hydrogen-bond acceptors (Lipinski definition) is 2. The van der Waals surface area contributed by atoms with E-state index in [4.69, 9.17) is 0 Å². The summed E-state index contributed by atoms with van der Waals surface area (Å²) >= 11 is 3.40. The largest absolute Gasteiger partial charge is 0.376 e. The Hall–Kier alpha value is -1.03. The van der Waals surface area contributed by atoms with Crippen LogP contribution in [-0.4, -0.2) is 19.0 Å². The smallest absolute Gasteiger partial charge is 0.239 e. The van der Waals surface area contributed by atoms with Gasteiger partial charge in [-0.3, -0.25) is 4.79 Å². The third-order valence-corrected chi connectivity index (χ3v) is 2.69. The summed E-state index contributed by atoms with van der Waals surface area (Å²) in [4.78, 5) is 11.4. The number of amides is 1. The number of rotatable bonds is 5. The summed E-state index contributed by atoms with van der Waals surface area (Å²) in [5.41, 5.74) is 2.12. The minimum absolute atomic E-state index is 0.0316. The monoisotopic (exact) mass is 284 g/mol. The summed E-state index contributed by atoms with van der Waals surface area (Å²) in [5, 5.41) is 5.94. The van der Waals surface area contributed by atoms with Gasteiger partial charge in [-0.25, -0.2) is 0 Å². The van der Waals surface area contributed by atoms with Gasteiger partial charge in [0, 0.05) is 16.7 Å². The van der Waals surface area contributed by atoms with E-state index in [9.17, 15) is 4.79 Å². The Kier molecular flexibility index (Phi) is 5.32. The normalized spacial score (nSPS) is 9.94. The summed E-state index contributed by atoms with van der Waals surface area (Å²) < 4.78 is 1.05. The summed E-state index contributed by atoms with van der Waals surface area (Å²) in [6.45, 7) is 5.10. The van der Waals surface area contributed by atoms with E-state index in [2.05, 4.69) is 26.6 Å².